The van der Waals surface area contributed by atoms with E-state index in [4.69, 9.17) is 0 Å². The second kappa shape index (κ2) is 6.68. The largest absolute Gasteiger partial charge is 0.345 e. The van der Waals surface area contributed by atoms with Crippen LogP contribution >= 0.6 is 0 Å². The van der Waals surface area contributed by atoms with Crippen LogP contribution < -0.4 is 5.32 Å². The van der Waals surface area contributed by atoms with Gasteiger partial charge in [0.1, 0.15) is 0 Å². The lowest BCUT2D eigenvalue weighted by Crippen LogP contribution is -2.31. The normalized spacial score (nSPS) is 15.9. The summed E-state index contributed by atoms with van der Waals surface area (Å²) in [5.41, 5.74) is 1.11. The first-order chi connectivity index (χ1) is 12.0. The lowest BCUT2D eigenvalue weighted by Gasteiger charge is -2.26. The number of hydrogen-bond donors (Lipinski definition) is 1. The minimum Gasteiger partial charge on any atom is -0.345 e. The zero-order chi connectivity index (χ0) is 18.0. The van der Waals surface area contributed by atoms with Crippen LogP contribution in [0.15, 0.2) is 42.5 Å². The van der Waals surface area contributed by atoms with E-state index >= 15 is 0 Å². The van der Waals surface area contributed by atoms with E-state index in [0.29, 0.717) is 0 Å². The van der Waals surface area contributed by atoms with Crippen molar-refractivity contribution in [2.24, 2.45) is 0 Å². The number of carbonyl (C=O) groups is 1. The zero-order valence-corrected chi connectivity index (χ0v) is 13.2. The molecule has 0 fully saturated rings. The predicted octanol–water partition coefficient (Wildman–Crippen LogP) is 3.31. The topological polar surface area (TPSA) is 115 Å². The van der Waals surface area contributed by atoms with E-state index in [1.807, 2.05) is 24.3 Å². The number of fused-ring (bicyclic) bond motifs is 1. The van der Waals surface area contributed by atoms with Crippen LogP contribution in [0.2, 0.25) is 0 Å². The number of rotatable bonds is 4. The maximum Gasteiger partial charge on any atom is 0.277 e. The average molecular weight is 341 g/mol. The van der Waals surface area contributed by atoms with Crippen LogP contribution in [0.1, 0.15) is 40.4 Å². The fourth-order valence-corrected chi connectivity index (χ4v) is 3.08. The van der Waals surface area contributed by atoms with Crippen molar-refractivity contribution in [3.05, 3.63) is 79.4 Å². The molecule has 0 radical (unpaired) electrons. The van der Waals surface area contributed by atoms with Gasteiger partial charge in [0.05, 0.1) is 27.5 Å². The third-order valence-electron chi connectivity index (χ3n) is 4.26. The molecular formula is C17H15N3O5. The molecule has 0 bridgehead atoms. The molecule has 2 aromatic carbocycles. The molecule has 2 aromatic rings. The third-order valence-corrected chi connectivity index (χ3v) is 4.26. The fourth-order valence-electron chi connectivity index (χ4n) is 3.08. The smallest absolute Gasteiger partial charge is 0.277 e. The maximum atomic E-state index is 12.5. The quantitative estimate of drug-likeness (QED) is 0.676. The van der Waals surface area contributed by atoms with E-state index in [9.17, 15) is 25.0 Å². The number of nitrogens with zero attached hydrogens (tertiary/aromatic N) is 2. The SMILES string of the molecule is O=C(NC1CCCc2ccccc21)c1cc([N+](=O)[O-])cc([N+](=O)[O-])c1. The summed E-state index contributed by atoms with van der Waals surface area (Å²) in [6.45, 7) is 0. The fraction of sp³-hybridized carbons (Fsp3) is 0.235. The van der Waals surface area contributed by atoms with Crippen molar-refractivity contribution in [3.8, 4) is 0 Å². The highest BCUT2D eigenvalue weighted by atomic mass is 16.6. The second-order valence-corrected chi connectivity index (χ2v) is 5.87. The monoisotopic (exact) mass is 341 g/mol. The van der Waals surface area contributed by atoms with Gasteiger partial charge in [-0.2, -0.15) is 0 Å². The van der Waals surface area contributed by atoms with Crippen molar-refractivity contribution in [2.75, 3.05) is 0 Å². The summed E-state index contributed by atoms with van der Waals surface area (Å²) in [6, 6.07) is 10.5. The van der Waals surface area contributed by atoms with Gasteiger partial charge in [0.15, 0.2) is 0 Å². The molecule has 8 nitrogen and oxygen atoms in total. The van der Waals surface area contributed by atoms with E-state index in [2.05, 4.69) is 5.32 Å². The molecule has 0 saturated heterocycles. The highest BCUT2D eigenvalue weighted by Crippen LogP contribution is 2.30. The Balaban J connectivity index is 1.89. The van der Waals surface area contributed by atoms with Gasteiger partial charge in [-0.15, -0.1) is 0 Å². The van der Waals surface area contributed by atoms with Crippen LogP contribution in [0.3, 0.4) is 0 Å². The summed E-state index contributed by atoms with van der Waals surface area (Å²) in [6.07, 6.45) is 2.60. The molecule has 128 valence electrons. The van der Waals surface area contributed by atoms with Crippen LogP contribution in [0.5, 0.6) is 0 Å². The number of nitrogens with one attached hydrogen (secondary N) is 1. The molecule has 0 saturated carbocycles. The molecule has 0 heterocycles. The molecule has 1 unspecified atom stereocenters. The van der Waals surface area contributed by atoms with Gasteiger partial charge in [0.2, 0.25) is 0 Å². The number of non-ortho nitro benzene ring substituents is 2. The van der Waals surface area contributed by atoms with E-state index in [1.54, 1.807) is 0 Å². The highest BCUT2D eigenvalue weighted by molar-refractivity contribution is 5.95. The Bertz CT molecular complexity index is 833. The Morgan fingerprint density at radius 1 is 1.04 bits per heavy atom. The minimum atomic E-state index is -0.750. The van der Waals surface area contributed by atoms with Crippen molar-refractivity contribution in [1.29, 1.82) is 0 Å². The lowest BCUT2D eigenvalue weighted by molar-refractivity contribution is -0.394. The van der Waals surface area contributed by atoms with E-state index in [0.717, 1.165) is 48.6 Å². The first kappa shape index (κ1) is 16.6. The standard InChI is InChI=1S/C17H15N3O5/c21-17(12-8-13(19(22)23)10-14(9-12)20(24)25)18-16-7-3-5-11-4-1-2-6-15(11)16/h1-2,4,6,8-10,16H,3,5,7H2,(H,18,21). The van der Waals surface area contributed by atoms with Crippen molar-refractivity contribution in [2.45, 2.75) is 25.3 Å². The average Bonchev–Trinajstić information content (AvgIpc) is 2.61. The Hall–Kier alpha value is -3.29. The number of amides is 1. The van der Waals surface area contributed by atoms with E-state index < -0.39 is 27.1 Å². The van der Waals surface area contributed by atoms with E-state index in [-0.39, 0.29) is 11.6 Å². The number of carbonyl (C=O) groups excluding carboxylic acids is 1. The number of benzene rings is 2. The summed E-state index contributed by atoms with van der Waals surface area (Å²) in [7, 11) is 0. The molecule has 25 heavy (non-hydrogen) atoms. The maximum absolute atomic E-state index is 12.5. The van der Waals surface area contributed by atoms with Gasteiger partial charge in [-0.25, -0.2) is 0 Å². The number of nitro benzene ring substituents is 2. The van der Waals surface area contributed by atoms with Gasteiger partial charge in [-0.05, 0) is 30.4 Å². The first-order valence-corrected chi connectivity index (χ1v) is 7.78. The molecule has 1 aliphatic carbocycles. The molecule has 1 aliphatic rings. The lowest BCUT2D eigenvalue weighted by atomic mass is 9.87. The van der Waals surface area contributed by atoms with Crippen LogP contribution in [0, 0.1) is 20.2 Å². The van der Waals surface area contributed by atoms with Crippen LogP contribution in [-0.4, -0.2) is 15.8 Å². The Morgan fingerprint density at radius 3 is 2.32 bits per heavy atom. The van der Waals surface area contributed by atoms with Crippen LogP contribution in [-0.2, 0) is 6.42 Å². The third kappa shape index (κ3) is 3.47. The molecular weight excluding hydrogens is 326 g/mol. The molecule has 1 N–H and O–H groups in total. The van der Waals surface area contributed by atoms with Crippen molar-refractivity contribution in [1.82, 2.24) is 5.32 Å². The van der Waals surface area contributed by atoms with Crippen LogP contribution in [0.4, 0.5) is 11.4 Å². The molecule has 3 rings (SSSR count). The summed E-state index contributed by atoms with van der Waals surface area (Å²) in [5, 5.41) is 24.8. The second-order valence-electron chi connectivity index (χ2n) is 5.87. The molecule has 8 heteroatoms. The number of nitro groups is 2. The van der Waals surface area contributed by atoms with Gasteiger partial charge >= 0.3 is 0 Å². The van der Waals surface area contributed by atoms with Gasteiger partial charge in [0, 0.05) is 12.1 Å². The minimum absolute atomic E-state index is 0.0936. The summed E-state index contributed by atoms with van der Waals surface area (Å²) in [5.74, 6) is -0.562. The summed E-state index contributed by atoms with van der Waals surface area (Å²) < 4.78 is 0. The number of aryl methyl sites for hydroxylation is 1. The van der Waals surface area contributed by atoms with Gasteiger partial charge < -0.3 is 5.32 Å². The molecule has 0 aliphatic heterocycles. The van der Waals surface area contributed by atoms with Gasteiger partial charge in [-0.1, -0.05) is 24.3 Å². The van der Waals surface area contributed by atoms with E-state index in [1.165, 1.54) is 0 Å². The first-order valence-electron chi connectivity index (χ1n) is 7.78. The summed E-state index contributed by atoms with van der Waals surface area (Å²) in [4.78, 5) is 32.9. The van der Waals surface area contributed by atoms with Crippen molar-refractivity contribution in [3.63, 3.8) is 0 Å². The Labute approximate surface area is 142 Å². The van der Waals surface area contributed by atoms with Gasteiger partial charge in [-0.3, -0.25) is 25.0 Å². The van der Waals surface area contributed by atoms with Gasteiger partial charge in [0.25, 0.3) is 17.3 Å². The molecule has 0 spiro atoms. The molecule has 0 aromatic heterocycles. The van der Waals surface area contributed by atoms with Crippen molar-refractivity contribution < 1.29 is 14.6 Å². The molecule has 1 amide bonds. The Morgan fingerprint density at radius 2 is 1.68 bits per heavy atom. The summed E-state index contributed by atoms with van der Waals surface area (Å²) >= 11 is 0. The zero-order valence-electron chi connectivity index (χ0n) is 13.2. The number of hydrogen-bond acceptors (Lipinski definition) is 5. The highest BCUT2D eigenvalue weighted by Gasteiger charge is 2.24. The van der Waals surface area contributed by atoms with Crippen LogP contribution in [0.25, 0.3) is 0 Å². The van der Waals surface area contributed by atoms with Crippen molar-refractivity contribution >= 4 is 17.3 Å². The predicted molar refractivity (Wildman–Crippen MR) is 89.3 cm³/mol. The molecule has 1 atom stereocenters. The Kier molecular flexibility index (Phi) is 4.42.